The fraction of sp³-hybridized carbons (Fsp3) is 0.273. The minimum absolute atomic E-state index is 0.155. The zero-order valence-corrected chi connectivity index (χ0v) is 9.61. The second kappa shape index (κ2) is 5.58. The van der Waals surface area contributed by atoms with Crippen LogP contribution in [0.3, 0.4) is 0 Å². The molecule has 0 amide bonds. The number of nitriles is 1. The number of hydrogen-bond donors (Lipinski definition) is 1. The Labute approximate surface area is 105 Å². The van der Waals surface area contributed by atoms with E-state index in [1.54, 1.807) is 0 Å². The number of alkyl halides is 3. The zero-order chi connectivity index (χ0) is 14.6. The van der Waals surface area contributed by atoms with Gasteiger partial charge in [0.05, 0.1) is 24.8 Å². The number of ether oxygens (including phenoxy) is 2. The van der Waals surface area contributed by atoms with E-state index in [0.717, 1.165) is 19.2 Å². The van der Waals surface area contributed by atoms with Crippen LogP contribution in [-0.2, 0) is 11.3 Å². The maximum Gasteiger partial charge on any atom is 0.573 e. The highest BCUT2D eigenvalue weighted by Crippen LogP contribution is 2.31. The first-order chi connectivity index (χ1) is 8.82. The number of aliphatic hydroxyl groups excluding tert-OH is 1. The number of nitrogens with zero attached hydrogens (tertiary/aromatic N) is 1. The first kappa shape index (κ1) is 14.8. The van der Waals surface area contributed by atoms with Crippen molar-refractivity contribution >= 4 is 5.97 Å². The van der Waals surface area contributed by atoms with Gasteiger partial charge in [-0.2, -0.15) is 5.26 Å². The number of rotatable bonds is 3. The van der Waals surface area contributed by atoms with E-state index in [9.17, 15) is 18.0 Å². The third-order valence-electron chi connectivity index (χ3n) is 2.10. The number of methoxy groups -OCH3 is 1. The summed E-state index contributed by atoms with van der Waals surface area (Å²) >= 11 is 0. The summed E-state index contributed by atoms with van der Waals surface area (Å²) < 4.78 is 44.6. The second-order valence-electron chi connectivity index (χ2n) is 3.32. The Morgan fingerprint density at radius 2 is 2.11 bits per heavy atom. The Kier molecular flexibility index (Phi) is 4.34. The number of benzene rings is 1. The lowest BCUT2D eigenvalue weighted by Crippen LogP contribution is -2.19. The van der Waals surface area contributed by atoms with Gasteiger partial charge in [0, 0.05) is 5.56 Å². The van der Waals surface area contributed by atoms with Crippen LogP contribution < -0.4 is 4.74 Å². The molecule has 1 N–H and O–H groups in total. The maximum absolute atomic E-state index is 12.2. The van der Waals surface area contributed by atoms with Gasteiger partial charge < -0.3 is 14.6 Å². The van der Waals surface area contributed by atoms with Crippen molar-refractivity contribution in [3.8, 4) is 11.8 Å². The van der Waals surface area contributed by atoms with Crippen molar-refractivity contribution in [2.24, 2.45) is 0 Å². The molecule has 0 bridgehead atoms. The molecule has 0 aliphatic heterocycles. The lowest BCUT2D eigenvalue weighted by molar-refractivity contribution is -0.275. The van der Waals surface area contributed by atoms with E-state index in [0.29, 0.717) is 0 Å². The smallest absolute Gasteiger partial charge is 0.465 e. The van der Waals surface area contributed by atoms with Gasteiger partial charge in [0.15, 0.2) is 5.75 Å². The first-order valence-electron chi connectivity index (χ1n) is 4.84. The van der Waals surface area contributed by atoms with Crippen LogP contribution in [0, 0.1) is 11.3 Å². The van der Waals surface area contributed by atoms with Crippen LogP contribution >= 0.6 is 0 Å². The van der Waals surface area contributed by atoms with Crippen molar-refractivity contribution in [1.29, 1.82) is 5.26 Å². The summed E-state index contributed by atoms with van der Waals surface area (Å²) in [5.41, 5.74) is -1.02. The zero-order valence-electron chi connectivity index (χ0n) is 9.61. The molecule has 1 rings (SSSR count). The monoisotopic (exact) mass is 275 g/mol. The molecule has 0 saturated carbocycles. The lowest BCUT2D eigenvalue weighted by Gasteiger charge is -2.14. The molecule has 0 atom stereocenters. The molecule has 1 aromatic carbocycles. The van der Waals surface area contributed by atoms with Crippen LogP contribution in [0.25, 0.3) is 0 Å². The fourth-order valence-corrected chi connectivity index (χ4v) is 1.36. The maximum atomic E-state index is 12.2. The minimum Gasteiger partial charge on any atom is -0.465 e. The summed E-state index contributed by atoms with van der Waals surface area (Å²) in [4.78, 5) is 11.3. The molecule has 0 aliphatic rings. The molecule has 0 unspecified atom stereocenters. The summed E-state index contributed by atoms with van der Waals surface area (Å²) in [5.74, 6) is -1.67. The molecular weight excluding hydrogens is 267 g/mol. The molecule has 0 saturated heterocycles. The molecule has 19 heavy (non-hydrogen) atoms. The van der Waals surface area contributed by atoms with Crippen molar-refractivity contribution in [2.75, 3.05) is 7.11 Å². The average Bonchev–Trinajstić information content (AvgIpc) is 2.36. The van der Waals surface area contributed by atoms with Gasteiger partial charge in [0.25, 0.3) is 0 Å². The third-order valence-corrected chi connectivity index (χ3v) is 2.10. The Bertz CT molecular complexity index is 534. The molecule has 1 aromatic rings. The van der Waals surface area contributed by atoms with Crippen molar-refractivity contribution in [1.82, 2.24) is 0 Å². The van der Waals surface area contributed by atoms with Gasteiger partial charge in [-0.1, -0.05) is 0 Å². The predicted molar refractivity (Wildman–Crippen MR) is 55.1 cm³/mol. The highest BCUT2D eigenvalue weighted by molar-refractivity contribution is 5.90. The van der Waals surface area contributed by atoms with Gasteiger partial charge >= 0.3 is 12.3 Å². The first-order valence-corrected chi connectivity index (χ1v) is 4.84. The Morgan fingerprint density at radius 1 is 1.47 bits per heavy atom. The SMILES string of the molecule is COC(=O)c1cc(C#N)c(OC(F)(F)F)c(CO)c1. The molecule has 0 radical (unpaired) electrons. The van der Waals surface area contributed by atoms with Crippen LogP contribution in [0.1, 0.15) is 21.5 Å². The van der Waals surface area contributed by atoms with Crippen molar-refractivity contribution < 1.29 is 32.5 Å². The third kappa shape index (κ3) is 3.59. The minimum atomic E-state index is -5.01. The molecule has 8 heteroatoms. The van der Waals surface area contributed by atoms with Gasteiger partial charge in [-0.05, 0) is 12.1 Å². The molecule has 0 aromatic heterocycles. The molecular formula is C11H8F3NO4. The average molecular weight is 275 g/mol. The van der Waals surface area contributed by atoms with Gasteiger partial charge in [0.1, 0.15) is 6.07 Å². The number of carbonyl (C=O) groups is 1. The number of aliphatic hydroxyl groups is 1. The lowest BCUT2D eigenvalue weighted by atomic mass is 10.0. The van der Waals surface area contributed by atoms with E-state index in [4.69, 9.17) is 10.4 Å². The highest BCUT2D eigenvalue weighted by atomic mass is 19.4. The second-order valence-corrected chi connectivity index (χ2v) is 3.32. The van der Waals surface area contributed by atoms with Crippen LogP contribution in [-0.4, -0.2) is 24.5 Å². The number of esters is 1. The Hall–Kier alpha value is -2.27. The standard InChI is InChI=1S/C11H8F3NO4/c1-18-10(17)6-2-7(4-15)9(8(3-6)5-16)19-11(12,13)14/h2-3,16H,5H2,1H3. The van der Waals surface area contributed by atoms with Gasteiger partial charge in [-0.3, -0.25) is 0 Å². The van der Waals surface area contributed by atoms with E-state index < -0.39 is 30.3 Å². The molecule has 102 valence electrons. The molecule has 0 fully saturated rings. The summed E-state index contributed by atoms with van der Waals surface area (Å²) in [6.45, 7) is -0.828. The topological polar surface area (TPSA) is 79.6 Å². The van der Waals surface area contributed by atoms with Crippen molar-refractivity contribution in [3.05, 3.63) is 28.8 Å². The van der Waals surface area contributed by atoms with Crippen molar-refractivity contribution in [2.45, 2.75) is 13.0 Å². The molecule has 5 nitrogen and oxygen atoms in total. The number of halogens is 3. The van der Waals surface area contributed by atoms with Crippen LogP contribution in [0.5, 0.6) is 5.75 Å². The number of carbonyl (C=O) groups excluding carboxylic acids is 1. The number of hydrogen-bond acceptors (Lipinski definition) is 5. The van der Waals surface area contributed by atoms with E-state index >= 15 is 0 Å². The van der Waals surface area contributed by atoms with Crippen LogP contribution in [0.4, 0.5) is 13.2 Å². The van der Waals surface area contributed by atoms with Crippen LogP contribution in [0.2, 0.25) is 0 Å². The highest BCUT2D eigenvalue weighted by Gasteiger charge is 2.33. The fourth-order valence-electron chi connectivity index (χ4n) is 1.36. The normalized spacial score (nSPS) is 10.7. The van der Waals surface area contributed by atoms with Crippen LogP contribution in [0.15, 0.2) is 12.1 Å². The van der Waals surface area contributed by atoms with Gasteiger partial charge in [0.2, 0.25) is 0 Å². The summed E-state index contributed by atoms with van der Waals surface area (Å²) in [6, 6.07) is 3.33. The summed E-state index contributed by atoms with van der Waals surface area (Å²) in [7, 11) is 1.08. The van der Waals surface area contributed by atoms with Gasteiger partial charge in [-0.15, -0.1) is 13.2 Å². The molecule has 0 aliphatic carbocycles. The molecule has 0 heterocycles. The largest absolute Gasteiger partial charge is 0.573 e. The van der Waals surface area contributed by atoms with Crippen molar-refractivity contribution in [3.63, 3.8) is 0 Å². The molecule has 0 spiro atoms. The Morgan fingerprint density at radius 3 is 2.53 bits per heavy atom. The van der Waals surface area contributed by atoms with E-state index in [1.165, 1.54) is 6.07 Å². The predicted octanol–water partition coefficient (Wildman–Crippen LogP) is 1.74. The van der Waals surface area contributed by atoms with Gasteiger partial charge in [-0.25, -0.2) is 4.79 Å². The van der Waals surface area contributed by atoms with E-state index in [2.05, 4.69) is 9.47 Å². The van der Waals surface area contributed by atoms with E-state index in [1.807, 2.05) is 0 Å². The summed E-state index contributed by atoms with van der Waals surface area (Å²) in [5, 5.41) is 17.8. The Balaban J connectivity index is 3.39. The summed E-state index contributed by atoms with van der Waals surface area (Å²) in [6.07, 6.45) is -5.01. The van der Waals surface area contributed by atoms with E-state index in [-0.39, 0.29) is 11.1 Å². The quantitative estimate of drug-likeness (QED) is 0.850.